The van der Waals surface area contributed by atoms with E-state index in [1.54, 1.807) is 13.1 Å². The fourth-order valence-corrected chi connectivity index (χ4v) is 7.49. The molecule has 0 radical (unpaired) electrons. The normalized spacial score (nSPS) is 25.0. The lowest BCUT2D eigenvalue weighted by atomic mass is 9.78. The molecule has 1 unspecified atom stereocenters. The third-order valence-electron chi connectivity index (χ3n) is 9.83. The number of hydrogen-bond donors (Lipinski definition) is 2. The molecule has 5 heterocycles. The van der Waals surface area contributed by atoms with E-state index in [9.17, 15) is 14.4 Å². The molecule has 0 spiro atoms. The summed E-state index contributed by atoms with van der Waals surface area (Å²) in [6.45, 7) is 7.61. The van der Waals surface area contributed by atoms with Crippen molar-refractivity contribution >= 4 is 28.5 Å². The van der Waals surface area contributed by atoms with Gasteiger partial charge in [0.1, 0.15) is 11.9 Å². The Hall–Kier alpha value is -2.72. The maximum Gasteiger partial charge on any atom is 0.329 e. The van der Waals surface area contributed by atoms with Crippen molar-refractivity contribution in [2.24, 2.45) is 24.8 Å². The Kier molecular flexibility index (Phi) is 7.50. The minimum Gasteiger partial charge on any atom is -0.369 e. The molecule has 6 rings (SSSR count). The number of rotatable bonds is 5. The summed E-state index contributed by atoms with van der Waals surface area (Å²) in [6, 6.07) is 2.33. The number of imidazole rings is 1. The van der Waals surface area contributed by atoms with Crippen LogP contribution in [0.3, 0.4) is 0 Å². The van der Waals surface area contributed by atoms with Gasteiger partial charge in [0, 0.05) is 39.2 Å². The molecule has 2 aromatic rings. The molecule has 1 aromatic heterocycles. The molecule has 4 aliphatic heterocycles. The van der Waals surface area contributed by atoms with Crippen molar-refractivity contribution in [3.05, 3.63) is 28.4 Å². The molecule has 39 heavy (non-hydrogen) atoms. The van der Waals surface area contributed by atoms with E-state index < -0.39 is 11.9 Å². The summed E-state index contributed by atoms with van der Waals surface area (Å²) in [5.41, 5.74) is 1.14. The average Bonchev–Trinajstić information content (AvgIpc) is 3.18. The van der Waals surface area contributed by atoms with Crippen molar-refractivity contribution in [2.75, 3.05) is 50.7 Å². The number of amides is 2. The van der Waals surface area contributed by atoms with Crippen LogP contribution in [0.4, 0.5) is 10.1 Å². The lowest BCUT2D eigenvalue weighted by Gasteiger charge is -2.41. The van der Waals surface area contributed by atoms with Crippen LogP contribution in [0, 0.1) is 23.6 Å². The number of aryl methyl sites for hydroxylation is 1. The Bertz CT molecular complexity index is 1280. The molecule has 1 atom stereocenters. The van der Waals surface area contributed by atoms with E-state index in [2.05, 4.69) is 20.4 Å². The van der Waals surface area contributed by atoms with Crippen LogP contribution in [0.25, 0.3) is 11.0 Å². The summed E-state index contributed by atoms with van der Waals surface area (Å²) in [6.07, 6.45) is 7.66. The highest BCUT2D eigenvalue weighted by Crippen LogP contribution is 2.36. The topological polar surface area (TPSA) is 91.6 Å². The Morgan fingerprint density at radius 1 is 0.872 bits per heavy atom. The molecule has 212 valence electrons. The number of fused-ring (bicyclic) bond motifs is 1. The molecule has 2 amide bonds. The second kappa shape index (κ2) is 11.0. The first-order valence-corrected chi connectivity index (χ1v) is 14.8. The summed E-state index contributed by atoms with van der Waals surface area (Å²) in [7, 11) is 1.65. The van der Waals surface area contributed by atoms with Gasteiger partial charge in [-0.3, -0.25) is 24.0 Å². The number of anilines is 1. The van der Waals surface area contributed by atoms with E-state index >= 15 is 4.39 Å². The molecule has 0 saturated carbocycles. The van der Waals surface area contributed by atoms with Crippen molar-refractivity contribution in [3.63, 3.8) is 0 Å². The maximum atomic E-state index is 15.5. The van der Waals surface area contributed by atoms with E-state index in [0.29, 0.717) is 22.6 Å². The highest BCUT2D eigenvalue weighted by Gasteiger charge is 2.33. The predicted octanol–water partition coefficient (Wildman–Crippen LogP) is 2.38. The number of carbonyl (C=O) groups is 2. The van der Waals surface area contributed by atoms with Crippen LogP contribution in [0.5, 0.6) is 0 Å². The van der Waals surface area contributed by atoms with Crippen molar-refractivity contribution < 1.29 is 14.0 Å². The number of hydrogen-bond acceptors (Lipinski definition) is 6. The number of piperidine rings is 4. The summed E-state index contributed by atoms with van der Waals surface area (Å²) in [4.78, 5) is 41.9. The highest BCUT2D eigenvalue weighted by atomic mass is 19.1. The smallest absolute Gasteiger partial charge is 0.329 e. The Morgan fingerprint density at radius 3 is 2.21 bits per heavy atom. The molecule has 0 aliphatic carbocycles. The molecular weight excluding hydrogens is 499 g/mol. The first kappa shape index (κ1) is 26.5. The van der Waals surface area contributed by atoms with Gasteiger partial charge in [-0.15, -0.1) is 0 Å². The third kappa shape index (κ3) is 5.25. The Morgan fingerprint density at radius 2 is 1.54 bits per heavy atom. The van der Waals surface area contributed by atoms with Gasteiger partial charge in [0.25, 0.3) is 0 Å². The average molecular weight is 541 g/mol. The largest absolute Gasteiger partial charge is 0.369 e. The fraction of sp³-hybridized carbons (Fsp3) is 0.690. The number of nitrogens with zero attached hydrogens (tertiary/aromatic N) is 4. The zero-order valence-electron chi connectivity index (χ0n) is 23.0. The number of likely N-dealkylation sites (tertiary alicyclic amines) is 1. The summed E-state index contributed by atoms with van der Waals surface area (Å²) in [5, 5.41) is 5.77. The van der Waals surface area contributed by atoms with Crippen LogP contribution < -0.4 is 21.2 Å². The van der Waals surface area contributed by atoms with Gasteiger partial charge in [0.2, 0.25) is 11.8 Å². The number of nitrogens with one attached hydrogen (secondary N) is 2. The fourth-order valence-electron chi connectivity index (χ4n) is 7.49. The van der Waals surface area contributed by atoms with Crippen molar-refractivity contribution in [1.29, 1.82) is 0 Å². The van der Waals surface area contributed by atoms with Crippen LogP contribution in [-0.2, 0) is 16.6 Å². The number of halogens is 1. The third-order valence-corrected chi connectivity index (χ3v) is 9.83. The first-order chi connectivity index (χ1) is 18.9. The molecule has 9 nitrogen and oxygen atoms in total. The lowest BCUT2D eigenvalue weighted by molar-refractivity contribution is -0.135. The van der Waals surface area contributed by atoms with Crippen molar-refractivity contribution in [2.45, 2.75) is 57.4 Å². The van der Waals surface area contributed by atoms with Crippen LogP contribution in [0.2, 0.25) is 0 Å². The number of carbonyl (C=O) groups excluding carboxylic acids is 2. The summed E-state index contributed by atoms with van der Waals surface area (Å²) < 4.78 is 18.3. The highest BCUT2D eigenvalue weighted by molar-refractivity contribution is 6.00. The molecule has 10 heteroatoms. The minimum absolute atomic E-state index is 0.159. The zero-order valence-corrected chi connectivity index (χ0v) is 23.0. The van der Waals surface area contributed by atoms with E-state index in [0.717, 1.165) is 50.9 Å². The van der Waals surface area contributed by atoms with Gasteiger partial charge in [-0.25, -0.2) is 9.18 Å². The van der Waals surface area contributed by atoms with E-state index in [-0.39, 0.29) is 30.3 Å². The predicted molar refractivity (Wildman–Crippen MR) is 148 cm³/mol. The van der Waals surface area contributed by atoms with Gasteiger partial charge in [0.15, 0.2) is 0 Å². The summed E-state index contributed by atoms with van der Waals surface area (Å²) >= 11 is 0. The van der Waals surface area contributed by atoms with Gasteiger partial charge in [-0.1, -0.05) is 0 Å². The molecule has 4 saturated heterocycles. The lowest BCUT2D eigenvalue weighted by Crippen LogP contribution is -2.44. The van der Waals surface area contributed by atoms with Crippen LogP contribution in [0.1, 0.15) is 57.4 Å². The number of aromatic nitrogens is 2. The monoisotopic (exact) mass is 540 g/mol. The van der Waals surface area contributed by atoms with Crippen LogP contribution in [0.15, 0.2) is 16.9 Å². The molecule has 1 aromatic carbocycles. The second-order valence-corrected chi connectivity index (χ2v) is 12.1. The van der Waals surface area contributed by atoms with Crippen LogP contribution in [-0.4, -0.2) is 71.7 Å². The molecule has 4 aliphatic rings. The maximum absolute atomic E-state index is 15.5. The zero-order chi connectivity index (χ0) is 27.1. The van der Waals surface area contributed by atoms with Crippen molar-refractivity contribution in [3.8, 4) is 0 Å². The first-order valence-electron chi connectivity index (χ1n) is 14.8. The molecule has 2 N–H and O–H groups in total. The summed E-state index contributed by atoms with van der Waals surface area (Å²) in [5.74, 6) is 1.06. The quantitative estimate of drug-likeness (QED) is 0.566. The Labute approximate surface area is 228 Å². The molecule has 0 bridgehead atoms. The van der Waals surface area contributed by atoms with Crippen molar-refractivity contribution in [1.82, 2.24) is 24.7 Å². The molecule has 4 fully saturated rings. The number of benzene rings is 1. The molecular formula is C29H41FN6O3. The SMILES string of the molecule is Cn1c(=O)n(C2CCC(=O)NC2=O)c2cc(F)c(N3CCC(C4CCN(CC5CCNCC5)CC4)CC3)cc21. The van der Waals surface area contributed by atoms with E-state index in [4.69, 9.17) is 0 Å². The van der Waals surface area contributed by atoms with Gasteiger partial charge in [-0.05, 0) is 94.9 Å². The van der Waals surface area contributed by atoms with Crippen LogP contribution >= 0.6 is 0 Å². The van der Waals surface area contributed by atoms with Gasteiger partial charge in [-0.2, -0.15) is 0 Å². The van der Waals surface area contributed by atoms with E-state index in [1.807, 2.05) is 0 Å². The Balaban J connectivity index is 1.10. The number of imide groups is 1. The van der Waals surface area contributed by atoms with Gasteiger partial charge in [0.05, 0.1) is 16.7 Å². The van der Waals surface area contributed by atoms with E-state index in [1.165, 1.54) is 60.5 Å². The second-order valence-electron chi connectivity index (χ2n) is 12.1. The van der Waals surface area contributed by atoms with Gasteiger partial charge >= 0.3 is 5.69 Å². The minimum atomic E-state index is -0.814. The van der Waals surface area contributed by atoms with Gasteiger partial charge < -0.3 is 15.1 Å². The standard InChI is InChI=1S/C29H41FN6O3/c1-33-25-17-24(22(30)16-26(25)36(29(33)39)23-2-3-27(37)32-28(23)38)35-14-8-21(9-15-35)20-6-12-34(13-7-20)18-19-4-10-31-11-5-19/h16-17,19-21,23,31H,2-15,18H2,1H3,(H,32,37,38).